The Hall–Kier alpha value is -1.59. The second-order valence-corrected chi connectivity index (χ2v) is 4.89. The number of carboxylic acid groups (broad SMARTS) is 1. The first kappa shape index (κ1) is 16.5. The first-order chi connectivity index (χ1) is 9.45. The summed E-state index contributed by atoms with van der Waals surface area (Å²) in [5, 5.41) is 12.1. The van der Waals surface area contributed by atoms with Gasteiger partial charge >= 0.3 is 5.97 Å². The summed E-state index contributed by atoms with van der Waals surface area (Å²) >= 11 is 5.88. The zero-order valence-electron chi connectivity index (χ0n) is 11.4. The number of ether oxygens (including phenoxy) is 1. The van der Waals surface area contributed by atoms with Gasteiger partial charge in [-0.3, -0.25) is 4.79 Å². The van der Waals surface area contributed by atoms with E-state index in [1.165, 1.54) is 7.11 Å². The number of carboxylic acids is 1. The van der Waals surface area contributed by atoms with Crippen LogP contribution in [-0.4, -0.2) is 36.7 Å². The molecule has 0 spiro atoms. The number of halogens is 1. The van der Waals surface area contributed by atoms with E-state index in [9.17, 15) is 9.59 Å². The summed E-state index contributed by atoms with van der Waals surface area (Å²) in [5.41, 5.74) is 0.742. The Labute approximate surface area is 122 Å². The molecule has 2 N–H and O–H groups in total. The molecule has 6 heteroatoms. The van der Waals surface area contributed by atoms with Crippen molar-refractivity contribution < 1.29 is 19.4 Å². The van der Waals surface area contributed by atoms with Gasteiger partial charge in [0.25, 0.3) is 0 Å². The van der Waals surface area contributed by atoms with E-state index in [4.69, 9.17) is 21.4 Å². The van der Waals surface area contributed by atoms with Gasteiger partial charge in [-0.2, -0.15) is 0 Å². The number of carbonyl (C=O) groups is 2. The van der Waals surface area contributed by atoms with Gasteiger partial charge in [-0.05, 0) is 24.6 Å². The maximum atomic E-state index is 12.1. The van der Waals surface area contributed by atoms with E-state index < -0.39 is 17.9 Å². The highest BCUT2D eigenvalue weighted by molar-refractivity contribution is 6.30. The summed E-state index contributed by atoms with van der Waals surface area (Å²) in [6, 6.07) is 5.98. The zero-order valence-corrected chi connectivity index (χ0v) is 12.2. The number of hydrogen-bond donors (Lipinski definition) is 2. The average molecular weight is 300 g/mol. The number of rotatable bonds is 7. The van der Waals surface area contributed by atoms with Crippen LogP contribution in [0.5, 0.6) is 0 Å². The number of carbonyl (C=O) groups excluding carboxylic acids is 1. The summed E-state index contributed by atoms with van der Waals surface area (Å²) in [7, 11) is 1.48. The zero-order chi connectivity index (χ0) is 15.1. The molecule has 0 bridgehead atoms. The van der Waals surface area contributed by atoms with E-state index in [2.05, 4.69) is 5.32 Å². The molecule has 0 fully saturated rings. The van der Waals surface area contributed by atoms with E-state index >= 15 is 0 Å². The molecule has 0 aromatic heterocycles. The minimum absolute atomic E-state index is 0.222. The van der Waals surface area contributed by atoms with Crippen LogP contribution in [0, 0.1) is 0 Å². The Balaban J connectivity index is 2.70. The Morgan fingerprint density at radius 3 is 2.70 bits per heavy atom. The second kappa shape index (κ2) is 7.87. The predicted octanol–water partition coefficient (Wildman–Crippen LogP) is 2.05. The summed E-state index contributed by atoms with van der Waals surface area (Å²) < 4.78 is 4.83. The van der Waals surface area contributed by atoms with Gasteiger partial charge in [0.15, 0.2) is 0 Å². The van der Waals surface area contributed by atoms with Crippen molar-refractivity contribution in [3.05, 3.63) is 34.9 Å². The highest BCUT2D eigenvalue weighted by atomic mass is 35.5. The summed E-state index contributed by atoms with van der Waals surface area (Å²) in [4.78, 5) is 23.1. The van der Waals surface area contributed by atoms with Crippen molar-refractivity contribution in [1.29, 1.82) is 0 Å². The smallest absolute Gasteiger partial charge is 0.326 e. The molecule has 1 rings (SSSR count). The number of hydrogen-bond acceptors (Lipinski definition) is 3. The largest absolute Gasteiger partial charge is 0.480 e. The molecule has 0 saturated carbocycles. The molecule has 1 aromatic carbocycles. The van der Waals surface area contributed by atoms with Gasteiger partial charge in [0, 0.05) is 25.2 Å². The summed E-state index contributed by atoms with van der Waals surface area (Å²) in [5.74, 6) is -1.90. The molecular formula is C14H18ClNO4. The summed E-state index contributed by atoms with van der Waals surface area (Å²) in [6.07, 6.45) is 0.222. The van der Waals surface area contributed by atoms with E-state index in [1.54, 1.807) is 31.2 Å². The van der Waals surface area contributed by atoms with Crippen LogP contribution in [0.15, 0.2) is 24.3 Å². The lowest BCUT2D eigenvalue weighted by Gasteiger charge is -2.18. The molecule has 20 heavy (non-hydrogen) atoms. The molecule has 0 saturated heterocycles. The van der Waals surface area contributed by atoms with Gasteiger partial charge in [0.2, 0.25) is 5.91 Å². The van der Waals surface area contributed by atoms with E-state index in [-0.39, 0.29) is 18.9 Å². The normalized spacial score (nSPS) is 13.6. The van der Waals surface area contributed by atoms with Crippen molar-refractivity contribution in [2.75, 3.05) is 13.7 Å². The third-order valence-electron chi connectivity index (χ3n) is 2.97. The van der Waals surface area contributed by atoms with Crippen LogP contribution in [0.4, 0.5) is 0 Å². The van der Waals surface area contributed by atoms with Crippen molar-refractivity contribution in [2.45, 2.75) is 25.3 Å². The van der Waals surface area contributed by atoms with Crippen LogP contribution in [0.25, 0.3) is 0 Å². The first-order valence-electron chi connectivity index (χ1n) is 6.23. The van der Waals surface area contributed by atoms with Gasteiger partial charge in [0.1, 0.15) is 6.04 Å². The predicted molar refractivity (Wildman–Crippen MR) is 75.9 cm³/mol. The maximum Gasteiger partial charge on any atom is 0.326 e. The van der Waals surface area contributed by atoms with Crippen molar-refractivity contribution in [2.24, 2.45) is 0 Å². The number of nitrogens with one attached hydrogen (secondary N) is 1. The lowest BCUT2D eigenvalue weighted by molar-refractivity contribution is -0.142. The fourth-order valence-corrected chi connectivity index (χ4v) is 1.92. The third kappa shape index (κ3) is 4.83. The molecule has 2 unspecified atom stereocenters. The third-order valence-corrected chi connectivity index (χ3v) is 3.20. The number of methoxy groups -OCH3 is 1. The molecular weight excluding hydrogens is 282 g/mol. The highest BCUT2D eigenvalue weighted by Gasteiger charge is 2.23. The molecule has 0 aliphatic carbocycles. The van der Waals surface area contributed by atoms with Gasteiger partial charge < -0.3 is 15.2 Å². The molecule has 110 valence electrons. The fraction of sp³-hybridized carbons (Fsp3) is 0.429. The van der Waals surface area contributed by atoms with Crippen LogP contribution in [0.3, 0.4) is 0 Å². The monoisotopic (exact) mass is 299 g/mol. The quantitative estimate of drug-likeness (QED) is 0.808. The molecule has 0 radical (unpaired) electrons. The van der Waals surface area contributed by atoms with Crippen LogP contribution >= 0.6 is 11.6 Å². The van der Waals surface area contributed by atoms with Crippen molar-refractivity contribution in [1.82, 2.24) is 5.32 Å². The van der Waals surface area contributed by atoms with Crippen LogP contribution < -0.4 is 5.32 Å². The molecule has 5 nitrogen and oxygen atoms in total. The van der Waals surface area contributed by atoms with Gasteiger partial charge in [-0.1, -0.05) is 23.7 Å². The second-order valence-electron chi connectivity index (χ2n) is 4.46. The van der Waals surface area contributed by atoms with E-state index in [0.29, 0.717) is 5.02 Å². The summed E-state index contributed by atoms with van der Waals surface area (Å²) in [6.45, 7) is 1.97. The molecule has 1 amide bonds. The molecule has 0 heterocycles. The Morgan fingerprint density at radius 1 is 1.45 bits per heavy atom. The minimum atomic E-state index is -1.08. The molecule has 2 atom stereocenters. The number of amides is 1. The van der Waals surface area contributed by atoms with Crippen LogP contribution in [0.1, 0.15) is 24.8 Å². The van der Waals surface area contributed by atoms with E-state index in [0.717, 1.165) is 5.56 Å². The SMILES string of the molecule is COCCC(NC(=O)C(C)c1cccc(Cl)c1)C(=O)O. The van der Waals surface area contributed by atoms with E-state index in [1.807, 2.05) is 0 Å². The van der Waals surface area contributed by atoms with Gasteiger partial charge in [0.05, 0.1) is 5.92 Å². The van der Waals surface area contributed by atoms with Crippen LogP contribution in [0.2, 0.25) is 5.02 Å². The first-order valence-corrected chi connectivity index (χ1v) is 6.61. The molecule has 0 aliphatic rings. The Morgan fingerprint density at radius 2 is 2.15 bits per heavy atom. The lowest BCUT2D eigenvalue weighted by Crippen LogP contribution is -2.43. The molecule has 1 aromatic rings. The Kier molecular flexibility index (Phi) is 6.48. The number of benzene rings is 1. The topological polar surface area (TPSA) is 75.6 Å². The van der Waals surface area contributed by atoms with Crippen LogP contribution in [-0.2, 0) is 14.3 Å². The minimum Gasteiger partial charge on any atom is -0.480 e. The van der Waals surface area contributed by atoms with Crippen molar-refractivity contribution in [3.8, 4) is 0 Å². The van der Waals surface area contributed by atoms with Gasteiger partial charge in [-0.25, -0.2) is 4.79 Å². The fourth-order valence-electron chi connectivity index (χ4n) is 1.72. The van der Waals surface area contributed by atoms with Crippen molar-refractivity contribution >= 4 is 23.5 Å². The standard InChI is InChI=1S/C14H18ClNO4/c1-9(10-4-3-5-11(15)8-10)13(17)16-12(14(18)19)6-7-20-2/h3-5,8-9,12H,6-7H2,1-2H3,(H,16,17)(H,18,19). The van der Waals surface area contributed by atoms with Crippen molar-refractivity contribution in [3.63, 3.8) is 0 Å². The van der Waals surface area contributed by atoms with Gasteiger partial charge in [-0.15, -0.1) is 0 Å². The Bertz CT molecular complexity index is 478. The molecule has 0 aliphatic heterocycles. The maximum absolute atomic E-state index is 12.1. The average Bonchev–Trinajstić information content (AvgIpc) is 2.42. The highest BCUT2D eigenvalue weighted by Crippen LogP contribution is 2.19. The number of aliphatic carboxylic acids is 1. The lowest BCUT2D eigenvalue weighted by atomic mass is 10.00.